The van der Waals surface area contributed by atoms with Crippen LogP contribution in [0.1, 0.15) is 55.6 Å². The summed E-state index contributed by atoms with van der Waals surface area (Å²) in [6.07, 6.45) is 4.35. The Hall–Kier alpha value is -3.35. The molecule has 0 aromatic heterocycles. The summed E-state index contributed by atoms with van der Waals surface area (Å²) in [5, 5.41) is 12.4. The highest BCUT2D eigenvalue weighted by atomic mass is 16.5. The Labute approximate surface area is 204 Å². The summed E-state index contributed by atoms with van der Waals surface area (Å²) in [6.45, 7) is 0.892. The van der Waals surface area contributed by atoms with Crippen molar-refractivity contribution in [1.29, 1.82) is 0 Å². The van der Waals surface area contributed by atoms with Crippen LogP contribution in [0.25, 0.3) is 11.1 Å². The monoisotopic (exact) mass is 474 g/mol. The molecular formula is C28H30N2O5. The number of carboxylic acids is 1. The van der Waals surface area contributed by atoms with Crippen molar-refractivity contribution in [3.8, 4) is 11.1 Å². The van der Waals surface area contributed by atoms with Gasteiger partial charge in [-0.1, -0.05) is 55.0 Å². The zero-order chi connectivity index (χ0) is 24.2. The van der Waals surface area contributed by atoms with E-state index in [1.807, 2.05) is 24.3 Å². The van der Waals surface area contributed by atoms with Crippen LogP contribution in [0.5, 0.6) is 0 Å². The third kappa shape index (κ3) is 3.35. The zero-order valence-electron chi connectivity index (χ0n) is 19.7. The Kier molecular flexibility index (Phi) is 5.13. The molecule has 2 amide bonds. The van der Waals surface area contributed by atoms with Crippen molar-refractivity contribution in [2.45, 2.75) is 50.5 Å². The number of nitrogens with zero attached hydrogens (tertiary/aromatic N) is 1. The summed E-state index contributed by atoms with van der Waals surface area (Å²) in [4.78, 5) is 39.6. The second-order valence-corrected chi connectivity index (χ2v) is 10.6. The number of likely N-dealkylation sites (tertiary alicyclic amines) is 1. The number of fused-ring (bicyclic) bond motifs is 3. The second-order valence-electron chi connectivity index (χ2n) is 10.6. The number of rotatable bonds is 6. The molecule has 3 aliphatic carbocycles. The number of carboxylic acid groups (broad SMARTS) is 1. The highest BCUT2D eigenvalue weighted by Crippen LogP contribution is 2.74. The van der Waals surface area contributed by atoms with Gasteiger partial charge in [0.2, 0.25) is 5.91 Å². The summed E-state index contributed by atoms with van der Waals surface area (Å²) in [5.74, 6) is -1.08. The molecule has 1 heterocycles. The normalized spacial score (nSPS) is 25.5. The molecule has 2 N–H and O–H groups in total. The van der Waals surface area contributed by atoms with Gasteiger partial charge in [-0.25, -0.2) is 9.59 Å². The first-order valence-electron chi connectivity index (χ1n) is 12.6. The van der Waals surface area contributed by atoms with Gasteiger partial charge < -0.3 is 20.1 Å². The van der Waals surface area contributed by atoms with Crippen LogP contribution >= 0.6 is 0 Å². The van der Waals surface area contributed by atoms with Gasteiger partial charge in [0.15, 0.2) is 0 Å². The molecule has 2 aromatic carbocycles. The molecule has 1 saturated heterocycles. The maximum absolute atomic E-state index is 13.6. The summed E-state index contributed by atoms with van der Waals surface area (Å²) < 4.78 is 5.68. The molecule has 4 aliphatic rings. The first-order chi connectivity index (χ1) is 17.0. The van der Waals surface area contributed by atoms with E-state index in [1.54, 1.807) is 0 Å². The van der Waals surface area contributed by atoms with Crippen LogP contribution in [0, 0.1) is 10.8 Å². The minimum atomic E-state index is -0.946. The number of alkyl carbamates (subject to hydrolysis) is 1. The number of amides is 2. The predicted molar refractivity (Wildman–Crippen MR) is 129 cm³/mol. The predicted octanol–water partition coefficient (Wildman–Crippen LogP) is 4.16. The molecule has 35 heavy (non-hydrogen) atoms. The molecule has 2 atom stereocenters. The first kappa shape index (κ1) is 22.1. The van der Waals surface area contributed by atoms with Crippen molar-refractivity contribution in [3.05, 3.63) is 59.7 Å². The molecule has 3 fully saturated rings. The standard InChI is InChI=1S/C28H30N2O5/c31-24(32)23-11-5-14-30(23)25(33)28(16-27(28)12-6-13-27)17-29-26(34)35-15-22-20-9-3-1-7-18(20)19-8-2-4-10-21(19)22/h1-4,7-10,22-23H,5-6,11-17H2,(H,29,34)(H,31,32)/t23-,28?/m1/s1. The number of hydrogen-bond donors (Lipinski definition) is 2. The third-order valence-electron chi connectivity index (χ3n) is 8.93. The molecule has 7 heteroatoms. The molecule has 0 radical (unpaired) electrons. The van der Waals surface area contributed by atoms with Gasteiger partial charge in [-0.15, -0.1) is 0 Å². The van der Waals surface area contributed by atoms with Gasteiger partial charge in [-0.05, 0) is 59.8 Å². The maximum Gasteiger partial charge on any atom is 0.407 e. The number of carbonyl (C=O) groups is 3. The largest absolute Gasteiger partial charge is 0.480 e. The lowest BCUT2D eigenvalue weighted by Crippen LogP contribution is -2.50. The van der Waals surface area contributed by atoms with E-state index in [-0.39, 0.29) is 30.4 Å². The average molecular weight is 475 g/mol. The Balaban J connectivity index is 1.13. The number of benzene rings is 2. The minimum absolute atomic E-state index is 0.0245. The molecule has 7 nitrogen and oxygen atoms in total. The number of carbonyl (C=O) groups excluding carboxylic acids is 2. The Morgan fingerprint density at radius 3 is 2.23 bits per heavy atom. The minimum Gasteiger partial charge on any atom is -0.480 e. The lowest BCUT2D eigenvalue weighted by molar-refractivity contribution is -0.151. The Morgan fingerprint density at radius 2 is 1.66 bits per heavy atom. The lowest BCUT2D eigenvalue weighted by Gasteiger charge is -2.35. The SMILES string of the molecule is O=C(NCC1(C(=O)N2CCC[C@@H]2C(=O)O)CC12CCC2)OCC1c2ccccc2-c2ccccc21. The van der Waals surface area contributed by atoms with Crippen molar-refractivity contribution < 1.29 is 24.2 Å². The summed E-state index contributed by atoms with van der Waals surface area (Å²) in [6, 6.07) is 15.6. The quantitative estimate of drug-likeness (QED) is 0.655. The van der Waals surface area contributed by atoms with Crippen LogP contribution in [0.15, 0.2) is 48.5 Å². The van der Waals surface area contributed by atoms with Crippen molar-refractivity contribution in [1.82, 2.24) is 10.2 Å². The van der Waals surface area contributed by atoms with Gasteiger partial charge in [0.25, 0.3) is 0 Å². The zero-order valence-corrected chi connectivity index (χ0v) is 19.7. The number of hydrogen-bond acceptors (Lipinski definition) is 4. The molecule has 1 aliphatic heterocycles. The molecule has 6 rings (SSSR count). The topological polar surface area (TPSA) is 95.9 Å². The van der Waals surface area contributed by atoms with Crippen molar-refractivity contribution >= 4 is 18.0 Å². The van der Waals surface area contributed by atoms with Gasteiger partial charge in [0.1, 0.15) is 12.6 Å². The van der Waals surface area contributed by atoms with E-state index < -0.39 is 23.5 Å². The maximum atomic E-state index is 13.6. The summed E-state index contributed by atoms with van der Waals surface area (Å²) >= 11 is 0. The van der Waals surface area contributed by atoms with Crippen LogP contribution in [-0.2, 0) is 14.3 Å². The summed E-state index contributed by atoms with van der Waals surface area (Å²) in [7, 11) is 0. The molecule has 0 bridgehead atoms. The van der Waals surface area contributed by atoms with Gasteiger partial charge in [0.05, 0.1) is 5.41 Å². The van der Waals surface area contributed by atoms with E-state index in [1.165, 1.54) is 16.0 Å². The lowest BCUT2D eigenvalue weighted by atomic mass is 9.74. The van der Waals surface area contributed by atoms with Gasteiger partial charge in [0, 0.05) is 19.0 Å². The van der Waals surface area contributed by atoms with E-state index in [2.05, 4.69) is 29.6 Å². The van der Waals surface area contributed by atoms with Gasteiger partial charge >= 0.3 is 12.1 Å². The Morgan fingerprint density at radius 1 is 1.00 bits per heavy atom. The summed E-state index contributed by atoms with van der Waals surface area (Å²) in [5.41, 5.74) is 3.85. The van der Waals surface area contributed by atoms with E-state index in [9.17, 15) is 19.5 Å². The van der Waals surface area contributed by atoms with Crippen LogP contribution in [0.2, 0.25) is 0 Å². The molecule has 1 unspecified atom stereocenters. The van der Waals surface area contributed by atoms with E-state index in [4.69, 9.17) is 4.74 Å². The average Bonchev–Trinajstić information content (AvgIpc) is 3.15. The first-order valence-corrected chi connectivity index (χ1v) is 12.6. The fraction of sp³-hybridized carbons (Fsp3) is 0.464. The van der Waals surface area contributed by atoms with Gasteiger partial charge in [-0.2, -0.15) is 0 Å². The third-order valence-corrected chi connectivity index (χ3v) is 8.93. The van der Waals surface area contributed by atoms with Crippen LogP contribution in [0.3, 0.4) is 0 Å². The fourth-order valence-electron chi connectivity index (χ4n) is 6.83. The second kappa shape index (κ2) is 8.11. The number of ether oxygens (including phenoxy) is 1. The van der Waals surface area contributed by atoms with Crippen LogP contribution in [-0.4, -0.2) is 53.7 Å². The molecule has 2 aromatic rings. The van der Waals surface area contributed by atoms with Crippen molar-refractivity contribution in [2.24, 2.45) is 10.8 Å². The fourth-order valence-corrected chi connectivity index (χ4v) is 6.83. The Bertz CT molecular complexity index is 1160. The van der Waals surface area contributed by atoms with Gasteiger partial charge in [-0.3, -0.25) is 4.79 Å². The highest BCUT2D eigenvalue weighted by molar-refractivity contribution is 5.92. The van der Waals surface area contributed by atoms with Crippen LogP contribution in [0.4, 0.5) is 4.79 Å². The number of aliphatic carboxylic acids is 1. The van der Waals surface area contributed by atoms with Crippen LogP contribution < -0.4 is 5.32 Å². The van der Waals surface area contributed by atoms with E-state index >= 15 is 0 Å². The molecule has 182 valence electrons. The number of nitrogens with one attached hydrogen (secondary N) is 1. The van der Waals surface area contributed by atoms with E-state index in [0.717, 1.165) is 30.4 Å². The smallest absolute Gasteiger partial charge is 0.407 e. The highest BCUT2D eigenvalue weighted by Gasteiger charge is 2.74. The van der Waals surface area contributed by atoms with Crippen molar-refractivity contribution in [3.63, 3.8) is 0 Å². The molecule has 2 saturated carbocycles. The molecule has 1 spiro atoms. The molecular weight excluding hydrogens is 444 g/mol. The van der Waals surface area contributed by atoms with Crippen molar-refractivity contribution in [2.75, 3.05) is 19.7 Å². The van der Waals surface area contributed by atoms with E-state index in [0.29, 0.717) is 25.8 Å².